The van der Waals surface area contributed by atoms with Crippen molar-refractivity contribution >= 4 is 34.4 Å². The number of rotatable bonds is 3. The number of allylic oxidation sites excluding steroid dienone is 1. The zero-order chi connectivity index (χ0) is 23.7. The van der Waals surface area contributed by atoms with Gasteiger partial charge in [-0.2, -0.15) is 0 Å². The summed E-state index contributed by atoms with van der Waals surface area (Å²) >= 11 is 0. The van der Waals surface area contributed by atoms with Gasteiger partial charge < -0.3 is 0 Å². The summed E-state index contributed by atoms with van der Waals surface area (Å²) in [6, 6.07) is 10.5. The van der Waals surface area contributed by atoms with Gasteiger partial charge >= 0.3 is 11.4 Å². The summed E-state index contributed by atoms with van der Waals surface area (Å²) < 4.78 is 6.16. The molecule has 0 aliphatic heterocycles. The molecule has 0 saturated heterocycles. The molecule has 0 radical (unpaired) electrons. The van der Waals surface area contributed by atoms with E-state index in [0.717, 1.165) is 28.4 Å². The third kappa shape index (κ3) is 3.89. The number of hydrogen-bond donors (Lipinski definition) is 0. The standard InChI is InChI=1S/C12H13N3O3.C10H10N2O2/c1-8(15(17)18)6-9-4-5-10-11(7-9)14(3)12(16)13(10)2;1-11-8-4-3-7(6-13)5-9(8)12(2)10(11)14/h4-7H,1-3H3;3-6H,1-2H3. The lowest BCUT2D eigenvalue weighted by atomic mass is 10.1. The summed E-state index contributed by atoms with van der Waals surface area (Å²) in [6.07, 6.45) is 2.26. The van der Waals surface area contributed by atoms with Crippen LogP contribution < -0.4 is 11.4 Å². The quantitative estimate of drug-likeness (QED) is 0.277. The van der Waals surface area contributed by atoms with Gasteiger partial charge in [-0.3, -0.25) is 33.2 Å². The Balaban J connectivity index is 0.000000186. The number of aldehydes is 1. The van der Waals surface area contributed by atoms with Crippen molar-refractivity contribution in [3.8, 4) is 0 Å². The summed E-state index contributed by atoms with van der Waals surface area (Å²) in [6.45, 7) is 1.44. The average molecular weight is 437 g/mol. The molecule has 2 aromatic carbocycles. The van der Waals surface area contributed by atoms with E-state index >= 15 is 0 Å². The number of benzene rings is 2. The van der Waals surface area contributed by atoms with E-state index in [1.54, 1.807) is 73.7 Å². The molecule has 0 N–H and O–H groups in total. The average Bonchev–Trinajstić information content (AvgIpc) is 3.13. The van der Waals surface area contributed by atoms with Gasteiger partial charge in [0, 0.05) is 46.8 Å². The number of carbonyl (C=O) groups excluding carboxylic acids is 1. The lowest BCUT2D eigenvalue weighted by Gasteiger charge is -1.97. The summed E-state index contributed by atoms with van der Waals surface area (Å²) in [5.41, 5.74) is 4.34. The van der Waals surface area contributed by atoms with Gasteiger partial charge in [0.2, 0.25) is 5.70 Å². The van der Waals surface area contributed by atoms with Crippen LogP contribution in [0, 0.1) is 10.1 Å². The van der Waals surface area contributed by atoms with Gasteiger partial charge in [0.25, 0.3) is 0 Å². The molecule has 10 heteroatoms. The van der Waals surface area contributed by atoms with Crippen LogP contribution in [-0.2, 0) is 28.2 Å². The van der Waals surface area contributed by atoms with E-state index in [0.29, 0.717) is 11.1 Å². The zero-order valence-corrected chi connectivity index (χ0v) is 18.4. The van der Waals surface area contributed by atoms with Crippen molar-refractivity contribution in [2.75, 3.05) is 0 Å². The highest BCUT2D eigenvalue weighted by molar-refractivity contribution is 5.85. The molecule has 0 unspecified atom stereocenters. The predicted molar refractivity (Wildman–Crippen MR) is 122 cm³/mol. The van der Waals surface area contributed by atoms with Crippen LogP contribution >= 0.6 is 0 Å². The Hall–Kier alpha value is -4.21. The molecule has 0 fully saturated rings. The third-order valence-electron chi connectivity index (χ3n) is 5.39. The van der Waals surface area contributed by atoms with Gasteiger partial charge in [-0.15, -0.1) is 0 Å². The first-order valence-electron chi connectivity index (χ1n) is 9.65. The number of carbonyl (C=O) groups is 1. The van der Waals surface area contributed by atoms with E-state index in [1.807, 2.05) is 0 Å². The van der Waals surface area contributed by atoms with Gasteiger partial charge in [-0.25, -0.2) is 9.59 Å². The van der Waals surface area contributed by atoms with Crippen molar-refractivity contribution in [2.24, 2.45) is 28.2 Å². The zero-order valence-electron chi connectivity index (χ0n) is 18.4. The Labute approximate surface area is 182 Å². The second kappa shape index (κ2) is 8.50. The maximum Gasteiger partial charge on any atom is 0.328 e. The fraction of sp³-hybridized carbons (Fsp3) is 0.227. The molecule has 0 saturated carbocycles. The summed E-state index contributed by atoms with van der Waals surface area (Å²) in [7, 11) is 6.78. The Kier molecular flexibility index (Phi) is 5.97. The summed E-state index contributed by atoms with van der Waals surface area (Å²) in [4.78, 5) is 44.0. The number of hydrogen-bond acceptors (Lipinski definition) is 5. The van der Waals surface area contributed by atoms with Crippen LogP contribution in [0.1, 0.15) is 22.8 Å². The lowest BCUT2D eigenvalue weighted by molar-refractivity contribution is -0.422. The molecule has 4 rings (SSSR count). The largest absolute Gasteiger partial charge is 0.328 e. The Morgan fingerprint density at radius 3 is 1.62 bits per heavy atom. The minimum atomic E-state index is -0.436. The number of aryl methyl sites for hydroxylation is 4. The number of imidazole rings is 2. The monoisotopic (exact) mass is 437 g/mol. The van der Waals surface area contributed by atoms with Crippen LogP contribution in [0.5, 0.6) is 0 Å². The molecule has 0 aliphatic rings. The molecule has 10 nitrogen and oxygen atoms in total. The van der Waals surface area contributed by atoms with E-state index in [-0.39, 0.29) is 17.1 Å². The number of nitro groups is 1. The predicted octanol–water partition coefficient (Wildman–Crippen LogP) is 2.20. The second-order valence-corrected chi connectivity index (χ2v) is 7.46. The van der Waals surface area contributed by atoms with E-state index in [2.05, 4.69) is 0 Å². The van der Waals surface area contributed by atoms with Gasteiger partial charge in [-0.05, 0) is 35.9 Å². The van der Waals surface area contributed by atoms with Crippen molar-refractivity contribution in [1.29, 1.82) is 0 Å². The smallest absolute Gasteiger partial charge is 0.298 e. The molecule has 0 atom stereocenters. The molecular formula is C22H23N5O5. The van der Waals surface area contributed by atoms with E-state index in [9.17, 15) is 24.5 Å². The lowest BCUT2D eigenvalue weighted by Crippen LogP contribution is -2.19. The van der Waals surface area contributed by atoms with Gasteiger partial charge in [-0.1, -0.05) is 6.07 Å². The molecule has 0 amide bonds. The van der Waals surface area contributed by atoms with E-state index in [4.69, 9.17) is 0 Å². The van der Waals surface area contributed by atoms with Crippen LogP contribution in [0.4, 0.5) is 0 Å². The Morgan fingerprint density at radius 1 is 0.781 bits per heavy atom. The van der Waals surface area contributed by atoms with Crippen molar-refractivity contribution in [3.05, 3.63) is 84.3 Å². The first kappa shape index (κ1) is 22.5. The van der Waals surface area contributed by atoms with Crippen LogP contribution in [0.2, 0.25) is 0 Å². The normalized spacial score (nSPS) is 11.5. The summed E-state index contributed by atoms with van der Waals surface area (Å²) in [5.74, 6) is 0. The molecular weight excluding hydrogens is 414 g/mol. The molecule has 4 aromatic rings. The first-order valence-corrected chi connectivity index (χ1v) is 9.65. The van der Waals surface area contributed by atoms with Crippen molar-refractivity contribution < 1.29 is 9.72 Å². The van der Waals surface area contributed by atoms with Crippen LogP contribution in [0.25, 0.3) is 28.1 Å². The van der Waals surface area contributed by atoms with Crippen molar-refractivity contribution in [3.63, 3.8) is 0 Å². The number of nitrogens with zero attached hydrogens (tertiary/aromatic N) is 5. The third-order valence-corrected chi connectivity index (χ3v) is 5.39. The SMILES string of the molecule is CC(=Cc1ccc2c(c1)n(C)c(=O)n2C)[N+](=O)[O-].Cn1c(=O)n(C)c2cc(C=O)ccc21. The number of fused-ring (bicyclic) bond motifs is 2. The molecule has 0 bridgehead atoms. The molecule has 166 valence electrons. The molecule has 2 aromatic heterocycles. The number of aromatic nitrogens is 4. The maximum absolute atomic E-state index is 11.7. The van der Waals surface area contributed by atoms with Gasteiger partial charge in [0.15, 0.2) is 0 Å². The molecule has 0 spiro atoms. The topological polar surface area (TPSA) is 114 Å². The Bertz CT molecular complexity index is 1510. The maximum atomic E-state index is 11.7. The second-order valence-electron chi connectivity index (χ2n) is 7.46. The fourth-order valence-electron chi connectivity index (χ4n) is 3.50. The van der Waals surface area contributed by atoms with Gasteiger partial charge in [0.1, 0.15) is 6.29 Å². The van der Waals surface area contributed by atoms with Gasteiger partial charge in [0.05, 0.1) is 27.0 Å². The van der Waals surface area contributed by atoms with E-state index < -0.39 is 4.92 Å². The highest BCUT2D eigenvalue weighted by atomic mass is 16.6. The highest BCUT2D eigenvalue weighted by Gasteiger charge is 2.09. The highest BCUT2D eigenvalue weighted by Crippen LogP contribution is 2.16. The summed E-state index contributed by atoms with van der Waals surface area (Å²) in [5, 5.41) is 10.6. The van der Waals surface area contributed by atoms with E-state index in [1.165, 1.54) is 22.1 Å². The molecule has 0 aliphatic carbocycles. The van der Waals surface area contributed by atoms with Crippen LogP contribution in [0.3, 0.4) is 0 Å². The van der Waals surface area contributed by atoms with Crippen LogP contribution in [-0.4, -0.2) is 29.5 Å². The van der Waals surface area contributed by atoms with Crippen LogP contribution in [0.15, 0.2) is 51.7 Å². The first-order chi connectivity index (χ1) is 15.1. The molecule has 2 heterocycles. The van der Waals surface area contributed by atoms with Crippen molar-refractivity contribution in [2.45, 2.75) is 6.92 Å². The Morgan fingerprint density at radius 2 is 1.19 bits per heavy atom. The fourth-order valence-corrected chi connectivity index (χ4v) is 3.50. The van der Waals surface area contributed by atoms with Crippen molar-refractivity contribution in [1.82, 2.24) is 18.3 Å². The molecule has 32 heavy (non-hydrogen) atoms. The minimum Gasteiger partial charge on any atom is -0.298 e. The minimum absolute atomic E-state index is 0.0651.